The highest BCUT2D eigenvalue weighted by Gasteiger charge is 2.46. The molecule has 2 aliphatic heterocycles. The zero-order valence-corrected chi connectivity index (χ0v) is 16.9. The Balaban J connectivity index is 1.24. The molecule has 2 fully saturated rings. The molecule has 5 heterocycles. The Morgan fingerprint density at radius 3 is 2.44 bits per heavy atom. The van der Waals surface area contributed by atoms with Crippen LogP contribution < -0.4 is 9.80 Å². The van der Waals surface area contributed by atoms with E-state index >= 15 is 0 Å². The first kappa shape index (κ1) is 20.8. The minimum Gasteiger partial charge on any atom is -0.357 e. The molecule has 0 bridgehead atoms. The van der Waals surface area contributed by atoms with E-state index in [2.05, 4.69) is 20.1 Å². The number of halogens is 5. The lowest BCUT2D eigenvalue weighted by molar-refractivity contribution is -0.137. The van der Waals surface area contributed by atoms with Crippen molar-refractivity contribution in [2.45, 2.75) is 32.0 Å². The Bertz CT molecular complexity index is 1110. The first-order valence-corrected chi connectivity index (χ1v) is 10.2. The molecule has 0 aromatic carbocycles. The Morgan fingerprint density at radius 2 is 1.75 bits per heavy atom. The molecule has 3 aromatic rings. The Hall–Kier alpha value is -3.05. The average molecular weight is 453 g/mol. The zero-order chi connectivity index (χ0) is 22.5. The second kappa shape index (κ2) is 7.52. The maximum atomic E-state index is 13.0. The van der Waals surface area contributed by atoms with Crippen LogP contribution in [0, 0.1) is 5.41 Å². The molecule has 0 radical (unpaired) electrons. The molecule has 3 aromatic heterocycles. The summed E-state index contributed by atoms with van der Waals surface area (Å²) in [5, 5.41) is 3.93. The molecular formula is C20H20F5N7. The summed E-state index contributed by atoms with van der Waals surface area (Å²) in [4.78, 5) is 16.8. The predicted octanol–water partition coefficient (Wildman–Crippen LogP) is 3.61. The first-order valence-electron chi connectivity index (χ1n) is 10.2. The molecule has 0 amide bonds. The van der Waals surface area contributed by atoms with Gasteiger partial charge in [-0.05, 0) is 25.0 Å². The van der Waals surface area contributed by atoms with Gasteiger partial charge in [0.05, 0.1) is 18.0 Å². The van der Waals surface area contributed by atoms with Crippen LogP contribution in [0.15, 0.2) is 30.7 Å². The normalized spacial score (nSPS) is 18.6. The molecule has 0 unspecified atom stereocenters. The Kier molecular flexibility index (Phi) is 4.90. The van der Waals surface area contributed by atoms with E-state index in [9.17, 15) is 22.0 Å². The van der Waals surface area contributed by atoms with Crippen molar-refractivity contribution < 1.29 is 22.0 Å². The summed E-state index contributed by atoms with van der Waals surface area (Å²) in [6.45, 7) is 2.17. The lowest BCUT2D eigenvalue weighted by Crippen LogP contribution is -2.61. The van der Waals surface area contributed by atoms with Crippen molar-refractivity contribution in [1.82, 2.24) is 24.7 Å². The van der Waals surface area contributed by atoms with Gasteiger partial charge in [-0.25, -0.2) is 28.4 Å². The number of aromatic nitrogens is 5. The molecule has 0 N–H and O–H groups in total. The molecule has 32 heavy (non-hydrogen) atoms. The highest BCUT2D eigenvalue weighted by Crippen LogP contribution is 2.43. The molecule has 0 saturated carbocycles. The van der Waals surface area contributed by atoms with Crippen LogP contribution in [0.1, 0.15) is 18.4 Å². The van der Waals surface area contributed by atoms with E-state index in [0.717, 1.165) is 42.7 Å². The number of nitrogens with zero attached hydrogens (tertiary/aromatic N) is 7. The van der Waals surface area contributed by atoms with Crippen LogP contribution in [0.3, 0.4) is 0 Å². The van der Waals surface area contributed by atoms with E-state index in [1.54, 1.807) is 6.20 Å². The van der Waals surface area contributed by atoms with Crippen molar-refractivity contribution in [2.75, 3.05) is 36.0 Å². The predicted molar refractivity (Wildman–Crippen MR) is 107 cm³/mol. The maximum Gasteiger partial charge on any atom is 0.416 e. The zero-order valence-electron chi connectivity index (χ0n) is 16.9. The van der Waals surface area contributed by atoms with Gasteiger partial charge in [0.25, 0.3) is 6.43 Å². The van der Waals surface area contributed by atoms with Crippen LogP contribution in [0.4, 0.5) is 33.6 Å². The fourth-order valence-corrected chi connectivity index (χ4v) is 4.48. The van der Waals surface area contributed by atoms with Crippen LogP contribution in [0.25, 0.3) is 11.2 Å². The largest absolute Gasteiger partial charge is 0.416 e. The number of fused-ring (bicyclic) bond motifs is 1. The van der Waals surface area contributed by atoms with Crippen LogP contribution in [-0.2, 0) is 12.7 Å². The number of pyridine rings is 1. The maximum absolute atomic E-state index is 13.0. The van der Waals surface area contributed by atoms with Gasteiger partial charge in [0.15, 0.2) is 5.65 Å². The van der Waals surface area contributed by atoms with Gasteiger partial charge in [-0.15, -0.1) is 0 Å². The van der Waals surface area contributed by atoms with E-state index in [-0.39, 0.29) is 5.41 Å². The number of piperidine rings is 1. The third kappa shape index (κ3) is 3.82. The molecule has 0 atom stereocenters. The summed E-state index contributed by atoms with van der Waals surface area (Å²) in [6.07, 6.45) is -1.06. The first-order chi connectivity index (χ1) is 15.2. The molecule has 1 spiro atoms. The van der Waals surface area contributed by atoms with Gasteiger partial charge >= 0.3 is 6.18 Å². The molecule has 2 saturated heterocycles. The van der Waals surface area contributed by atoms with E-state index in [1.165, 1.54) is 12.4 Å². The van der Waals surface area contributed by atoms with Gasteiger partial charge < -0.3 is 9.80 Å². The number of anilines is 2. The van der Waals surface area contributed by atoms with E-state index < -0.39 is 24.7 Å². The molecule has 12 heteroatoms. The highest BCUT2D eigenvalue weighted by atomic mass is 19.4. The van der Waals surface area contributed by atoms with Crippen molar-refractivity contribution in [1.29, 1.82) is 0 Å². The number of hydrogen-bond donors (Lipinski definition) is 0. The van der Waals surface area contributed by atoms with Gasteiger partial charge in [-0.1, -0.05) is 0 Å². The monoisotopic (exact) mass is 453 g/mol. The van der Waals surface area contributed by atoms with Crippen molar-refractivity contribution >= 4 is 22.8 Å². The van der Waals surface area contributed by atoms with Gasteiger partial charge in [-0.3, -0.25) is 0 Å². The van der Waals surface area contributed by atoms with Crippen molar-refractivity contribution in [3.05, 3.63) is 36.3 Å². The van der Waals surface area contributed by atoms with Crippen LogP contribution in [0.2, 0.25) is 0 Å². The Labute approximate surface area is 179 Å². The van der Waals surface area contributed by atoms with E-state index in [4.69, 9.17) is 0 Å². The van der Waals surface area contributed by atoms with Gasteiger partial charge in [0.2, 0.25) is 0 Å². The second-order valence-corrected chi connectivity index (χ2v) is 8.40. The van der Waals surface area contributed by atoms with Crippen molar-refractivity contribution in [2.24, 2.45) is 5.41 Å². The second-order valence-electron chi connectivity index (χ2n) is 8.40. The molecule has 2 aliphatic rings. The summed E-state index contributed by atoms with van der Waals surface area (Å²) >= 11 is 0. The third-order valence-electron chi connectivity index (χ3n) is 6.24. The molecule has 0 aliphatic carbocycles. The molecule has 5 rings (SSSR count). The summed E-state index contributed by atoms with van der Waals surface area (Å²) in [6, 6.07) is 2.07. The molecular weight excluding hydrogens is 433 g/mol. The minimum absolute atomic E-state index is 0.0536. The standard InChI is InChI=1S/C20H20F5N7/c21-15(22)10-32-18-14(8-28-32)27-9-17(29-18)31-11-19(12-31)2-5-30(6-3-19)16-7-13(1-4-26-16)20(23,24)25/h1,4,7-9,15H,2-3,5-6,10-12H2. The number of alkyl halides is 5. The quantitative estimate of drug-likeness (QED) is 0.563. The molecule has 170 valence electrons. The van der Waals surface area contributed by atoms with Gasteiger partial charge in [0, 0.05) is 37.8 Å². The fraction of sp³-hybridized carbons (Fsp3) is 0.500. The summed E-state index contributed by atoms with van der Waals surface area (Å²) in [5.41, 5.74) is 0.149. The molecule has 7 nitrogen and oxygen atoms in total. The topological polar surface area (TPSA) is 63.0 Å². The number of hydrogen-bond acceptors (Lipinski definition) is 6. The van der Waals surface area contributed by atoms with Crippen LogP contribution >= 0.6 is 0 Å². The lowest BCUT2D eigenvalue weighted by Gasteiger charge is -2.54. The summed E-state index contributed by atoms with van der Waals surface area (Å²) in [5.74, 6) is 0.954. The smallest absolute Gasteiger partial charge is 0.357 e. The average Bonchev–Trinajstić information content (AvgIpc) is 3.13. The number of rotatable bonds is 4. The van der Waals surface area contributed by atoms with Gasteiger partial charge in [-0.2, -0.15) is 18.3 Å². The lowest BCUT2D eigenvalue weighted by atomic mass is 9.72. The summed E-state index contributed by atoms with van der Waals surface area (Å²) < 4.78 is 65.6. The highest BCUT2D eigenvalue weighted by molar-refractivity contribution is 5.71. The minimum atomic E-state index is -4.39. The van der Waals surface area contributed by atoms with Crippen molar-refractivity contribution in [3.8, 4) is 0 Å². The van der Waals surface area contributed by atoms with E-state index in [1.807, 2.05) is 9.80 Å². The van der Waals surface area contributed by atoms with Crippen LogP contribution in [0.5, 0.6) is 0 Å². The fourth-order valence-electron chi connectivity index (χ4n) is 4.48. The van der Waals surface area contributed by atoms with Crippen molar-refractivity contribution in [3.63, 3.8) is 0 Å². The van der Waals surface area contributed by atoms with Crippen LogP contribution in [-0.4, -0.2) is 57.3 Å². The SMILES string of the molecule is FC(F)Cn1ncc2ncc(N3CC4(CCN(c5cc(C(F)(F)F)ccn5)CC4)C3)nc21. The van der Waals surface area contributed by atoms with Gasteiger partial charge in [0.1, 0.15) is 23.7 Å². The Morgan fingerprint density at radius 1 is 1.00 bits per heavy atom. The third-order valence-corrected chi connectivity index (χ3v) is 6.24. The van der Waals surface area contributed by atoms with E-state index in [0.29, 0.717) is 35.9 Å². The summed E-state index contributed by atoms with van der Waals surface area (Å²) in [7, 11) is 0.